The first kappa shape index (κ1) is 57.5. The van der Waals surface area contributed by atoms with Gasteiger partial charge in [0.2, 0.25) is 0 Å². The van der Waals surface area contributed by atoms with Gasteiger partial charge < -0.3 is 4.57 Å². The first-order valence-corrected chi connectivity index (χ1v) is 31.2. The molecule has 5 heterocycles. The normalized spacial score (nSPS) is 12.4. The monoisotopic (exact) mass is 1170 g/mol. The third-order valence-corrected chi connectivity index (χ3v) is 17.6. The number of aromatic nitrogens is 9. The van der Waals surface area contributed by atoms with E-state index in [9.17, 15) is 0 Å². The number of hydrogen-bond donors (Lipinski definition) is 0. The fourth-order valence-corrected chi connectivity index (χ4v) is 12.4. The predicted molar refractivity (Wildman–Crippen MR) is 373 cm³/mol. The first-order chi connectivity index (χ1) is 43.1. The molecule has 0 spiro atoms. The molecule has 0 aliphatic heterocycles. The van der Waals surface area contributed by atoms with E-state index in [1.54, 1.807) is 0 Å². The third kappa shape index (κ3) is 10.5. The van der Waals surface area contributed by atoms with Gasteiger partial charge in [0, 0.05) is 60.5 Å². The van der Waals surface area contributed by atoms with Crippen LogP contribution in [0.3, 0.4) is 0 Å². The maximum atomic E-state index is 5.68. The molecular weight excluding hydrogens is 1100 g/mol. The van der Waals surface area contributed by atoms with Gasteiger partial charge in [-0.05, 0) is 104 Å². The van der Waals surface area contributed by atoms with E-state index in [0.29, 0.717) is 40.5 Å². The molecule has 0 unspecified atom stereocenters. The molecule has 0 radical (unpaired) electrons. The Morgan fingerprint density at radius 3 is 0.922 bits per heavy atom. The number of benzene rings is 9. The average Bonchev–Trinajstić information content (AvgIpc) is 1.47. The zero-order valence-corrected chi connectivity index (χ0v) is 53.4. The molecule has 9 nitrogen and oxygen atoms in total. The molecule has 0 saturated carbocycles. The van der Waals surface area contributed by atoms with Crippen molar-refractivity contribution in [2.24, 2.45) is 0 Å². The lowest BCUT2D eigenvalue weighted by molar-refractivity contribution is 0.590. The summed E-state index contributed by atoms with van der Waals surface area (Å²) in [6, 6.07) is 77.2. The van der Waals surface area contributed by atoms with Crippen LogP contribution in [0.4, 0.5) is 0 Å². The molecule has 0 atom stereocenters. The van der Waals surface area contributed by atoms with E-state index < -0.39 is 0 Å². The summed E-state index contributed by atoms with van der Waals surface area (Å²) in [7, 11) is 0. The fraction of sp³-hybridized carbons (Fsp3) is 0.198. The lowest BCUT2D eigenvalue weighted by Crippen LogP contribution is -2.10. The van der Waals surface area contributed by atoms with Gasteiger partial charge in [0.15, 0.2) is 34.9 Å². The summed E-state index contributed by atoms with van der Waals surface area (Å²) < 4.78 is 4.77. The van der Waals surface area contributed by atoms with Gasteiger partial charge in [-0.25, -0.2) is 34.9 Å². The van der Waals surface area contributed by atoms with E-state index in [1.807, 2.05) is 97.1 Å². The molecule has 0 N–H and O–H groups in total. The Labute approximate surface area is 527 Å². The van der Waals surface area contributed by atoms with Crippen molar-refractivity contribution in [2.45, 2.75) is 105 Å². The number of hydrogen-bond acceptors (Lipinski definition) is 7. The lowest BCUT2D eigenvalue weighted by Gasteiger charge is -2.21. The van der Waals surface area contributed by atoms with Crippen molar-refractivity contribution in [3.8, 4) is 91.0 Å². The van der Waals surface area contributed by atoms with E-state index in [1.165, 1.54) is 43.8 Å². The standard InChI is InChI=1S/C81H73N9/c1-78(2,3)54-36-40-65-60(44-54)61-45-55(79(4,5)6)37-41-66(61)89(65)69-49-82-70(90-67-42-38-56(80(7,8)9)46-62(67)63-47-57(81(10,11)12)39-43-68(63)90)48-64(69)58-34-25-35-59(76-85-72(50-26-17-13-18-27-50)83-73(86-76)51-28-19-14-20-29-51)71(58)77-87-74(52-30-21-15-22-31-52)84-75(88-77)53-32-23-16-24-33-53/h13-49H,1-12H3. The SMILES string of the molecule is CC(C)(C)c1ccc2c(c1)c1cc(C(C)(C)C)ccc1n2-c1cc(-c2cccc(-c3nc(-c4ccccc4)nc(-c4ccccc4)n3)c2-c2nc(-c3ccccc3)nc(-c3ccccc3)n2)c(-n2c3ccc(C(C)(C)C)cc3c3cc(C(C)(C)C)ccc32)cn1. The van der Waals surface area contributed by atoms with Crippen molar-refractivity contribution in [1.82, 2.24) is 44.0 Å². The van der Waals surface area contributed by atoms with Gasteiger partial charge >= 0.3 is 0 Å². The molecule has 9 aromatic carbocycles. The molecule has 0 aliphatic rings. The van der Waals surface area contributed by atoms with E-state index in [4.69, 9.17) is 34.9 Å². The zero-order valence-electron chi connectivity index (χ0n) is 53.4. The van der Waals surface area contributed by atoms with Crippen LogP contribution in [0.1, 0.15) is 105 Å². The smallest absolute Gasteiger partial charge is 0.165 e. The largest absolute Gasteiger partial charge is 0.307 e. The Balaban J connectivity index is 1.15. The summed E-state index contributed by atoms with van der Waals surface area (Å²) in [6.07, 6.45) is 2.09. The second-order valence-corrected chi connectivity index (χ2v) is 28.0. The van der Waals surface area contributed by atoms with Crippen LogP contribution < -0.4 is 0 Å². The van der Waals surface area contributed by atoms with Crippen molar-refractivity contribution in [3.63, 3.8) is 0 Å². The van der Waals surface area contributed by atoms with E-state index in [-0.39, 0.29) is 21.7 Å². The molecule has 442 valence electrons. The highest BCUT2D eigenvalue weighted by Gasteiger charge is 2.29. The van der Waals surface area contributed by atoms with Crippen molar-refractivity contribution in [2.75, 3.05) is 0 Å². The summed E-state index contributed by atoms with van der Waals surface area (Å²) in [4.78, 5) is 38.2. The lowest BCUT2D eigenvalue weighted by atomic mass is 9.85. The van der Waals surface area contributed by atoms with Crippen LogP contribution in [-0.2, 0) is 21.7 Å². The van der Waals surface area contributed by atoms with Crippen LogP contribution in [0.15, 0.2) is 225 Å². The molecule has 0 amide bonds. The Morgan fingerprint density at radius 1 is 0.267 bits per heavy atom. The fourth-order valence-electron chi connectivity index (χ4n) is 12.4. The van der Waals surface area contributed by atoms with Gasteiger partial charge in [-0.15, -0.1) is 0 Å². The van der Waals surface area contributed by atoms with E-state index in [2.05, 4.69) is 220 Å². The Morgan fingerprint density at radius 2 is 0.578 bits per heavy atom. The summed E-state index contributed by atoms with van der Waals surface area (Å²) >= 11 is 0. The van der Waals surface area contributed by atoms with Crippen LogP contribution in [0, 0.1) is 0 Å². The van der Waals surface area contributed by atoms with Gasteiger partial charge in [-0.3, -0.25) is 4.57 Å². The van der Waals surface area contributed by atoms with Gasteiger partial charge in [0.25, 0.3) is 0 Å². The summed E-state index contributed by atoms with van der Waals surface area (Å²) in [5, 5.41) is 4.69. The highest BCUT2D eigenvalue weighted by atomic mass is 15.1. The van der Waals surface area contributed by atoms with Gasteiger partial charge in [0.05, 0.1) is 34.0 Å². The van der Waals surface area contributed by atoms with Crippen molar-refractivity contribution < 1.29 is 0 Å². The average molecular weight is 1170 g/mol. The third-order valence-electron chi connectivity index (χ3n) is 17.6. The topological polar surface area (TPSA) is 100 Å². The van der Waals surface area contributed by atoms with Crippen molar-refractivity contribution >= 4 is 43.6 Å². The molecule has 0 bridgehead atoms. The molecular formula is C81H73N9. The Bertz CT molecular complexity index is 4820. The minimum absolute atomic E-state index is 0.0830. The first-order valence-electron chi connectivity index (χ1n) is 31.2. The highest BCUT2D eigenvalue weighted by Crippen LogP contribution is 2.46. The predicted octanol–water partition coefficient (Wildman–Crippen LogP) is 20.5. The minimum atomic E-state index is -0.102. The zero-order chi connectivity index (χ0) is 62.4. The summed E-state index contributed by atoms with van der Waals surface area (Å²) in [5.41, 5.74) is 16.4. The molecule has 0 aliphatic carbocycles. The van der Waals surface area contributed by atoms with Crippen LogP contribution in [0.2, 0.25) is 0 Å². The number of pyridine rings is 1. The maximum absolute atomic E-state index is 5.68. The van der Waals surface area contributed by atoms with Gasteiger partial charge in [-0.1, -0.05) is 247 Å². The molecule has 5 aromatic heterocycles. The highest BCUT2D eigenvalue weighted by molar-refractivity contribution is 6.12. The van der Waals surface area contributed by atoms with Crippen LogP contribution in [0.5, 0.6) is 0 Å². The second-order valence-electron chi connectivity index (χ2n) is 28.0. The van der Waals surface area contributed by atoms with Gasteiger partial charge in [0.1, 0.15) is 5.82 Å². The molecule has 9 heteroatoms. The van der Waals surface area contributed by atoms with Crippen LogP contribution in [-0.4, -0.2) is 44.0 Å². The van der Waals surface area contributed by atoms with Crippen LogP contribution in [0.25, 0.3) is 135 Å². The second kappa shape index (κ2) is 21.8. The maximum Gasteiger partial charge on any atom is 0.165 e. The Kier molecular flexibility index (Phi) is 13.9. The number of nitrogens with zero attached hydrogens (tertiary/aromatic N) is 9. The Hall–Kier alpha value is -10.3. The van der Waals surface area contributed by atoms with E-state index in [0.717, 1.165) is 72.5 Å². The van der Waals surface area contributed by atoms with Crippen molar-refractivity contribution in [1.29, 1.82) is 0 Å². The molecule has 0 fully saturated rings. The van der Waals surface area contributed by atoms with Crippen molar-refractivity contribution in [3.05, 3.63) is 247 Å². The number of fused-ring (bicyclic) bond motifs is 6. The quantitative estimate of drug-likeness (QED) is 0.142. The molecule has 90 heavy (non-hydrogen) atoms. The van der Waals surface area contributed by atoms with Gasteiger partial charge in [-0.2, -0.15) is 0 Å². The molecule has 14 rings (SSSR count). The van der Waals surface area contributed by atoms with Crippen LogP contribution >= 0.6 is 0 Å². The molecule has 14 aromatic rings. The number of rotatable bonds is 9. The summed E-state index contributed by atoms with van der Waals surface area (Å²) in [5.74, 6) is 3.81. The summed E-state index contributed by atoms with van der Waals surface area (Å²) in [6.45, 7) is 27.5. The van der Waals surface area contributed by atoms with E-state index >= 15 is 0 Å². The minimum Gasteiger partial charge on any atom is -0.307 e. The molecule has 0 saturated heterocycles.